The van der Waals surface area contributed by atoms with Gasteiger partial charge in [0.2, 0.25) is 0 Å². The quantitative estimate of drug-likeness (QED) is 0.606. The zero-order chi connectivity index (χ0) is 16.5. The van der Waals surface area contributed by atoms with Crippen LogP contribution in [0, 0.1) is 18.3 Å². The maximum Gasteiger partial charge on any atom is 0.0622 e. The van der Waals surface area contributed by atoms with Crippen LogP contribution in [0.2, 0.25) is 0 Å². The van der Waals surface area contributed by atoms with Crippen molar-refractivity contribution in [3.05, 3.63) is 71.3 Å². The second kappa shape index (κ2) is 9.50. The number of aryl methyl sites for hydroxylation is 1. The molecule has 0 aromatic heterocycles. The van der Waals surface area contributed by atoms with Gasteiger partial charge in [-0.25, -0.2) is 0 Å². The Hall–Kier alpha value is -1.63. The number of hydrogen-bond donors (Lipinski definition) is 0. The molecule has 2 aromatic carbocycles. The molecule has 2 aromatic rings. The molecule has 0 radical (unpaired) electrons. The molecule has 0 spiro atoms. The molecule has 1 atom stereocenters. The van der Waals surface area contributed by atoms with Crippen molar-refractivity contribution in [1.29, 1.82) is 5.26 Å². The standard InChI is InChI=1S/C20H23BrN2/c1-17-9-11-19(12-10-17)15-23(16-20(21)8-5-13-22)14-18-6-3-2-4-7-18/h2-4,6-7,9-12,20H,5,8,14-16H2,1H3. The molecule has 0 aliphatic carbocycles. The van der Waals surface area contributed by atoms with Crippen LogP contribution in [0.4, 0.5) is 0 Å². The van der Waals surface area contributed by atoms with Gasteiger partial charge in [-0.3, -0.25) is 4.90 Å². The van der Waals surface area contributed by atoms with E-state index in [0.29, 0.717) is 11.2 Å². The largest absolute Gasteiger partial charge is 0.294 e. The van der Waals surface area contributed by atoms with Crippen LogP contribution in [0.5, 0.6) is 0 Å². The Balaban J connectivity index is 2.04. The zero-order valence-corrected chi connectivity index (χ0v) is 15.2. The van der Waals surface area contributed by atoms with Crippen LogP contribution in [0.25, 0.3) is 0 Å². The van der Waals surface area contributed by atoms with E-state index in [1.165, 1.54) is 16.7 Å². The second-order valence-corrected chi connectivity index (χ2v) is 7.23. The summed E-state index contributed by atoms with van der Waals surface area (Å²) in [6, 6.07) is 21.5. The van der Waals surface area contributed by atoms with Gasteiger partial charge < -0.3 is 0 Å². The first kappa shape index (κ1) is 17.7. The van der Waals surface area contributed by atoms with Crippen LogP contribution in [0.15, 0.2) is 54.6 Å². The number of hydrogen-bond acceptors (Lipinski definition) is 2. The normalized spacial score (nSPS) is 12.1. The van der Waals surface area contributed by atoms with Crippen molar-refractivity contribution in [3.8, 4) is 6.07 Å². The lowest BCUT2D eigenvalue weighted by atomic mass is 10.1. The van der Waals surface area contributed by atoms with Crippen molar-refractivity contribution in [2.45, 2.75) is 37.7 Å². The van der Waals surface area contributed by atoms with Gasteiger partial charge in [-0.15, -0.1) is 0 Å². The van der Waals surface area contributed by atoms with Gasteiger partial charge in [0, 0.05) is 30.9 Å². The first-order chi connectivity index (χ1) is 11.2. The van der Waals surface area contributed by atoms with Crippen molar-refractivity contribution < 1.29 is 0 Å². The summed E-state index contributed by atoms with van der Waals surface area (Å²) in [5.41, 5.74) is 3.93. The van der Waals surface area contributed by atoms with Crippen LogP contribution >= 0.6 is 15.9 Å². The van der Waals surface area contributed by atoms with Crippen LogP contribution in [-0.2, 0) is 13.1 Å². The predicted octanol–water partition coefficient (Wildman–Crippen LogP) is 5.06. The van der Waals surface area contributed by atoms with E-state index in [0.717, 1.165) is 26.1 Å². The van der Waals surface area contributed by atoms with E-state index in [4.69, 9.17) is 5.26 Å². The molecule has 0 N–H and O–H groups in total. The molecule has 0 saturated carbocycles. The maximum atomic E-state index is 8.76. The van der Waals surface area contributed by atoms with Gasteiger partial charge in [-0.1, -0.05) is 76.1 Å². The third-order valence-corrected chi connectivity index (χ3v) is 4.55. The van der Waals surface area contributed by atoms with Gasteiger partial charge in [0.1, 0.15) is 0 Å². The minimum Gasteiger partial charge on any atom is -0.294 e. The zero-order valence-electron chi connectivity index (χ0n) is 13.6. The summed E-state index contributed by atoms with van der Waals surface area (Å²) < 4.78 is 0. The topological polar surface area (TPSA) is 27.0 Å². The van der Waals surface area contributed by atoms with Gasteiger partial charge in [0.05, 0.1) is 6.07 Å². The fourth-order valence-electron chi connectivity index (χ4n) is 2.57. The van der Waals surface area contributed by atoms with E-state index in [1.807, 2.05) is 6.07 Å². The first-order valence-corrected chi connectivity index (χ1v) is 8.92. The number of nitriles is 1. The summed E-state index contributed by atoms with van der Waals surface area (Å²) in [5.74, 6) is 0. The van der Waals surface area contributed by atoms with Crippen LogP contribution in [0.1, 0.15) is 29.5 Å². The third-order valence-electron chi connectivity index (χ3n) is 3.80. The Kier molecular flexibility index (Phi) is 7.32. The Morgan fingerprint density at radius 1 is 1.00 bits per heavy atom. The van der Waals surface area contributed by atoms with E-state index in [9.17, 15) is 0 Å². The van der Waals surface area contributed by atoms with Crippen LogP contribution < -0.4 is 0 Å². The Labute approximate surface area is 147 Å². The molecular weight excluding hydrogens is 348 g/mol. The molecule has 0 fully saturated rings. The fraction of sp³-hybridized carbons (Fsp3) is 0.350. The van der Waals surface area contributed by atoms with Crippen molar-refractivity contribution in [3.63, 3.8) is 0 Å². The summed E-state index contributed by atoms with van der Waals surface area (Å²) in [4.78, 5) is 2.79. The Bertz CT molecular complexity index is 616. The molecule has 120 valence electrons. The summed E-state index contributed by atoms with van der Waals surface area (Å²) in [5, 5.41) is 8.76. The molecule has 2 nitrogen and oxygen atoms in total. The summed E-state index contributed by atoms with van der Waals surface area (Å²) >= 11 is 3.73. The van der Waals surface area contributed by atoms with Crippen molar-refractivity contribution in [1.82, 2.24) is 4.90 Å². The lowest BCUT2D eigenvalue weighted by molar-refractivity contribution is 0.256. The highest BCUT2D eigenvalue weighted by atomic mass is 79.9. The molecule has 2 rings (SSSR count). The number of benzene rings is 2. The highest BCUT2D eigenvalue weighted by Gasteiger charge is 2.13. The van der Waals surface area contributed by atoms with Gasteiger partial charge in [-0.2, -0.15) is 5.26 Å². The number of rotatable bonds is 8. The number of halogens is 1. The molecule has 0 heterocycles. The third kappa shape index (κ3) is 6.56. The average molecular weight is 371 g/mol. The van der Waals surface area contributed by atoms with Crippen molar-refractivity contribution in [2.75, 3.05) is 6.54 Å². The number of alkyl halides is 1. The van der Waals surface area contributed by atoms with Crippen molar-refractivity contribution >= 4 is 15.9 Å². The van der Waals surface area contributed by atoms with E-state index >= 15 is 0 Å². The summed E-state index contributed by atoms with van der Waals surface area (Å²) in [6.07, 6.45) is 1.48. The highest BCUT2D eigenvalue weighted by Crippen LogP contribution is 2.16. The predicted molar refractivity (Wildman–Crippen MR) is 99.3 cm³/mol. The fourth-order valence-corrected chi connectivity index (χ4v) is 3.21. The lowest BCUT2D eigenvalue weighted by Crippen LogP contribution is -2.29. The van der Waals surface area contributed by atoms with Gasteiger partial charge in [-0.05, 0) is 24.5 Å². The number of nitrogens with zero attached hydrogens (tertiary/aromatic N) is 2. The van der Waals surface area contributed by atoms with Gasteiger partial charge in [0.25, 0.3) is 0 Å². The lowest BCUT2D eigenvalue weighted by Gasteiger charge is -2.25. The monoisotopic (exact) mass is 370 g/mol. The second-order valence-electron chi connectivity index (χ2n) is 5.93. The summed E-state index contributed by atoms with van der Waals surface area (Å²) in [6.45, 7) is 4.89. The first-order valence-electron chi connectivity index (χ1n) is 8.00. The van der Waals surface area contributed by atoms with Crippen molar-refractivity contribution in [2.24, 2.45) is 0 Å². The minimum absolute atomic E-state index is 0.344. The van der Waals surface area contributed by atoms with Crippen LogP contribution in [0.3, 0.4) is 0 Å². The van der Waals surface area contributed by atoms with E-state index in [-0.39, 0.29) is 0 Å². The van der Waals surface area contributed by atoms with E-state index in [1.54, 1.807) is 0 Å². The molecule has 0 amide bonds. The Morgan fingerprint density at radius 2 is 1.61 bits per heavy atom. The molecule has 0 saturated heterocycles. The average Bonchev–Trinajstić information content (AvgIpc) is 2.56. The molecular formula is C20H23BrN2. The Morgan fingerprint density at radius 3 is 2.22 bits per heavy atom. The van der Waals surface area contributed by atoms with E-state index < -0.39 is 0 Å². The molecule has 0 bridgehead atoms. The highest BCUT2D eigenvalue weighted by molar-refractivity contribution is 9.09. The molecule has 0 aliphatic heterocycles. The van der Waals surface area contributed by atoms with Gasteiger partial charge in [0.15, 0.2) is 0 Å². The SMILES string of the molecule is Cc1ccc(CN(Cc2ccccc2)CC(Br)CCC#N)cc1. The molecule has 3 heteroatoms. The van der Waals surface area contributed by atoms with Gasteiger partial charge >= 0.3 is 0 Å². The minimum atomic E-state index is 0.344. The smallest absolute Gasteiger partial charge is 0.0622 e. The molecule has 1 unspecified atom stereocenters. The molecule has 0 aliphatic rings. The van der Waals surface area contributed by atoms with E-state index in [2.05, 4.69) is 82.4 Å². The molecule has 23 heavy (non-hydrogen) atoms. The maximum absolute atomic E-state index is 8.76. The van der Waals surface area contributed by atoms with Crippen LogP contribution in [-0.4, -0.2) is 16.3 Å². The summed E-state index contributed by atoms with van der Waals surface area (Å²) in [7, 11) is 0.